The summed E-state index contributed by atoms with van der Waals surface area (Å²) >= 11 is 0. The number of anilines is 2. The molecular weight excluding hydrogens is 342 g/mol. The third kappa shape index (κ3) is 6.15. The maximum absolute atomic E-state index is 12.4. The lowest BCUT2D eigenvalue weighted by molar-refractivity contribution is 0.102. The van der Waals surface area contributed by atoms with Gasteiger partial charge in [0.2, 0.25) is 0 Å². The van der Waals surface area contributed by atoms with E-state index in [1.54, 1.807) is 30.3 Å². The molecule has 0 aliphatic rings. The Hall–Kier alpha value is -2.47. The van der Waals surface area contributed by atoms with Crippen LogP contribution >= 0.6 is 12.4 Å². The van der Waals surface area contributed by atoms with Gasteiger partial charge in [-0.3, -0.25) is 4.79 Å². The van der Waals surface area contributed by atoms with Gasteiger partial charge in [0, 0.05) is 5.56 Å². The van der Waals surface area contributed by atoms with Crippen LogP contribution in [0.1, 0.15) is 37.0 Å². The van der Waals surface area contributed by atoms with E-state index < -0.39 is 0 Å². The topological polar surface area (TPSA) is 86.5 Å². The number of aromatic nitrogens is 1. The van der Waals surface area contributed by atoms with Crippen molar-refractivity contribution in [2.45, 2.75) is 26.7 Å². The molecule has 2 aromatic rings. The number of carbonyl (C=O) groups is 1. The van der Waals surface area contributed by atoms with Gasteiger partial charge in [-0.25, -0.2) is 4.98 Å². The highest BCUT2D eigenvalue weighted by atomic mass is 35.5. The minimum absolute atomic E-state index is 0. The number of nitrogens with one attached hydrogen (secondary N) is 1. The normalized spacial score (nSPS) is 9.84. The van der Waals surface area contributed by atoms with Crippen molar-refractivity contribution in [3.05, 3.63) is 42.1 Å². The monoisotopic (exact) mass is 365 g/mol. The zero-order valence-corrected chi connectivity index (χ0v) is 15.3. The molecule has 0 saturated carbocycles. The molecule has 0 saturated heterocycles. The van der Waals surface area contributed by atoms with Gasteiger partial charge >= 0.3 is 0 Å². The summed E-state index contributed by atoms with van der Waals surface area (Å²) in [6.45, 7) is 5.12. The van der Waals surface area contributed by atoms with E-state index in [1.165, 1.54) is 6.20 Å². The lowest BCUT2D eigenvalue weighted by Crippen LogP contribution is -2.12. The summed E-state index contributed by atoms with van der Waals surface area (Å²) < 4.78 is 11.3. The van der Waals surface area contributed by atoms with E-state index >= 15 is 0 Å². The average molecular weight is 366 g/mol. The summed E-state index contributed by atoms with van der Waals surface area (Å²) in [5, 5.41) is 2.77. The SMILES string of the molecule is CCCCOc1ccc(C(=O)Nc2ccc(N)nc2)cc1OCC.Cl. The highest BCUT2D eigenvalue weighted by molar-refractivity contribution is 6.04. The molecular formula is C18H24ClN3O3. The Morgan fingerprint density at radius 3 is 2.60 bits per heavy atom. The fourth-order valence-electron chi connectivity index (χ4n) is 2.05. The Morgan fingerprint density at radius 2 is 1.96 bits per heavy atom. The molecule has 0 spiro atoms. The van der Waals surface area contributed by atoms with Crippen molar-refractivity contribution < 1.29 is 14.3 Å². The molecule has 0 fully saturated rings. The van der Waals surface area contributed by atoms with Gasteiger partial charge in [-0.15, -0.1) is 12.4 Å². The Morgan fingerprint density at radius 1 is 1.16 bits per heavy atom. The predicted molar refractivity (Wildman–Crippen MR) is 102 cm³/mol. The van der Waals surface area contributed by atoms with Crippen LogP contribution < -0.4 is 20.5 Å². The summed E-state index contributed by atoms with van der Waals surface area (Å²) in [4.78, 5) is 16.3. The first-order valence-corrected chi connectivity index (χ1v) is 8.06. The Labute approximate surface area is 154 Å². The number of ether oxygens (including phenoxy) is 2. The molecule has 1 aromatic heterocycles. The van der Waals surface area contributed by atoms with Crippen LogP contribution in [-0.4, -0.2) is 24.1 Å². The van der Waals surface area contributed by atoms with Gasteiger partial charge in [0.15, 0.2) is 11.5 Å². The van der Waals surface area contributed by atoms with E-state index in [0.29, 0.717) is 41.8 Å². The molecule has 1 aromatic carbocycles. The zero-order valence-electron chi connectivity index (χ0n) is 14.5. The number of nitrogen functional groups attached to an aromatic ring is 1. The molecule has 6 nitrogen and oxygen atoms in total. The first-order chi connectivity index (χ1) is 11.6. The number of rotatable bonds is 8. The van der Waals surface area contributed by atoms with Crippen molar-refractivity contribution in [1.29, 1.82) is 0 Å². The first kappa shape index (κ1) is 20.6. The van der Waals surface area contributed by atoms with Crippen LogP contribution in [0.2, 0.25) is 0 Å². The van der Waals surface area contributed by atoms with Gasteiger partial charge < -0.3 is 20.5 Å². The Kier molecular flexibility index (Phi) is 8.56. The number of benzene rings is 1. The van der Waals surface area contributed by atoms with Crippen molar-refractivity contribution in [1.82, 2.24) is 4.98 Å². The summed E-state index contributed by atoms with van der Waals surface area (Å²) in [7, 11) is 0. The molecule has 0 unspecified atom stereocenters. The fourth-order valence-corrected chi connectivity index (χ4v) is 2.05. The standard InChI is InChI=1S/C18H23N3O3.ClH/c1-3-5-10-24-15-8-6-13(11-16(15)23-4-2)18(22)21-14-7-9-17(19)20-12-14;/h6-9,11-12H,3-5,10H2,1-2H3,(H2,19,20)(H,21,22);1H. The van der Waals surface area contributed by atoms with Crippen molar-refractivity contribution in [3.8, 4) is 11.5 Å². The maximum Gasteiger partial charge on any atom is 0.255 e. The van der Waals surface area contributed by atoms with Crippen LogP contribution in [0.4, 0.5) is 11.5 Å². The van der Waals surface area contributed by atoms with E-state index in [2.05, 4.69) is 17.2 Å². The number of hydrogen-bond acceptors (Lipinski definition) is 5. The molecule has 25 heavy (non-hydrogen) atoms. The molecule has 0 aliphatic heterocycles. The number of amides is 1. The second-order valence-corrected chi connectivity index (χ2v) is 5.22. The second kappa shape index (κ2) is 10.4. The third-order valence-corrected chi connectivity index (χ3v) is 3.31. The first-order valence-electron chi connectivity index (χ1n) is 8.06. The smallest absolute Gasteiger partial charge is 0.255 e. The molecule has 3 N–H and O–H groups in total. The number of nitrogens with zero attached hydrogens (tertiary/aromatic N) is 1. The highest BCUT2D eigenvalue weighted by Crippen LogP contribution is 2.29. The van der Waals surface area contributed by atoms with E-state index in [0.717, 1.165) is 12.8 Å². The number of pyridine rings is 1. The van der Waals surface area contributed by atoms with Crippen LogP contribution in [0, 0.1) is 0 Å². The van der Waals surface area contributed by atoms with E-state index in [9.17, 15) is 4.79 Å². The van der Waals surface area contributed by atoms with Crippen LogP contribution in [0.3, 0.4) is 0 Å². The van der Waals surface area contributed by atoms with Crippen LogP contribution in [-0.2, 0) is 0 Å². The average Bonchev–Trinajstić information content (AvgIpc) is 2.58. The number of unbranched alkanes of at least 4 members (excludes halogenated alkanes) is 1. The molecule has 1 amide bonds. The van der Waals surface area contributed by atoms with Gasteiger partial charge in [0.1, 0.15) is 5.82 Å². The van der Waals surface area contributed by atoms with Gasteiger partial charge in [0.25, 0.3) is 5.91 Å². The Balaban J connectivity index is 0.00000312. The van der Waals surface area contributed by atoms with Crippen molar-refractivity contribution in [2.24, 2.45) is 0 Å². The van der Waals surface area contributed by atoms with Crippen LogP contribution in [0.15, 0.2) is 36.5 Å². The molecule has 0 radical (unpaired) electrons. The molecule has 0 atom stereocenters. The maximum atomic E-state index is 12.4. The quantitative estimate of drug-likeness (QED) is 0.692. The number of carbonyl (C=O) groups excluding carboxylic acids is 1. The van der Waals surface area contributed by atoms with E-state index in [-0.39, 0.29) is 18.3 Å². The zero-order chi connectivity index (χ0) is 17.4. The summed E-state index contributed by atoms with van der Waals surface area (Å²) in [5.74, 6) is 1.37. The molecule has 136 valence electrons. The fraction of sp³-hybridized carbons (Fsp3) is 0.333. The molecule has 0 aliphatic carbocycles. The lowest BCUT2D eigenvalue weighted by atomic mass is 10.2. The number of nitrogens with two attached hydrogens (primary N) is 1. The van der Waals surface area contributed by atoms with Crippen molar-refractivity contribution >= 4 is 29.8 Å². The number of halogens is 1. The van der Waals surface area contributed by atoms with Gasteiger partial charge in [-0.05, 0) is 43.7 Å². The molecule has 7 heteroatoms. The van der Waals surface area contributed by atoms with Crippen molar-refractivity contribution in [2.75, 3.05) is 24.3 Å². The molecule has 1 heterocycles. The number of hydrogen-bond donors (Lipinski definition) is 2. The van der Waals surface area contributed by atoms with Gasteiger partial charge in [0.05, 0.1) is 25.1 Å². The predicted octanol–water partition coefficient (Wildman–Crippen LogP) is 3.92. The van der Waals surface area contributed by atoms with Crippen molar-refractivity contribution in [3.63, 3.8) is 0 Å². The third-order valence-electron chi connectivity index (χ3n) is 3.31. The van der Waals surface area contributed by atoms with Crippen LogP contribution in [0.5, 0.6) is 11.5 Å². The summed E-state index contributed by atoms with van der Waals surface area (Å²) in [5.41, 5.74) is 6.60. The molecule has 0 bridgehead atoms. The summed E-state index contributed by atoms with van der Waals surface area (Å²) in [6, 6.07) is 8.49. The summed E-state index contributed by atoms with van der Waals surface area (Å²) in [6.07, 6.45) is 3.54. The van der Waals surface area contributed by atoms with E-state index in [4.69, 9.17) is 15.2 Å². The lowest BCUT2D eigenvalue weighted by Gasteiger charge is -2.13. The minimum Gasteiger partial charge on any atom is -0.490 e. The largest absolute Gasteiger partial charge is 0.490 e. The Bertz CT molecular complexity index is 678. The molecule has 2 rings (SSSR count). The van der Waals surface area contributed by atoms with Gasteiger partial charge in [-0.1, -0.05) is 13.3 Å². The second-order valence-electron chi connectivity index (χ2n) is 5.22. The van der Waals surface area contributed by atoms with E-state index in [1.807, 2.05) is 6.92 Å². The van der Waals surface area contributed by atoms with Gasteiger partial charge in [-0.2, -0.15) is 0 Å². The minimum atomic E-state index is -0.248. The van der Waals surface area contributed by atoms with Crippen LogP contribution in [0.25, 0.3) is 0 Å². The highest BCUT2D eigenvalue weighted by Gasteiger charge is 2.12.